The Morgan fingerprint density at radius 1 is 1.35 bits per heavy atom. The van der Waals surface area contributed by atoms with Crippen molar-refractivity contribution in [3.8, 4) is 0 Å². The Labute approximate surface area is 97.9 Å². The number of benzene rings is 1. The van der Waals surface area contributed by atoms with Gasteiger partial charge in [-0.15, -0.1) is 0 Å². The third-order valence-corrected chi connectivity index (χ3v) is 2.56. The van der Waals surface area contributed by atoms with E-state index in [0.29, 0.717) is 18.4 Å². The van der Waals surface area contributed by atoms with Gasteiger partial charge in [-0.05, 0) is 36.6 Å². The maximum atomic E-state index is 12.9. The highest BCUT2D eigenvalue weighted by atomic mass is 19.1. The predicted molar refractivity (Wildman–Crippen MR) is 62.3 cm³/mol. The number of aromatic nitrogens is 1. The second kappa shape index (κ2) is 4.91. The van der Waals surface area contributed by atoms with Gasteiger partial charge in [-0.25, -0.2) is 4.39 Å². The number of aliphatic carboxylic acids is 1. The van der Waals surface area contributed by atoms with Crippen LogP contribution in [0.3, 0.4) is 0 Å². The first kappa shape index (κ1) is 11.5. The zero-order chi connectivity index (χ0) is 12.3. The van der Waals surface area contributed by atoms with E-state index >= 15 is 0 Å². The van der Waals surface area contributed by atoms with Crippen LogP contribution >= 0.6 is 0 Å². The Kier molecular flexibility index (Phi) is 3.32. The van der Waals surface area contributed by atoms with Gasteiger partial charge < -0.3 is 5.11 Å². The third-order valence-electron chi connectivity index (χ3n) is 2.56. The molecule has 0 unspecified atom stereocenters. The lowest BCUT2D eigenvalue weighted by Gasteiger charge is -2.02. The summed E-state index contributed by atoms with van der Waals surface area (Å²) < 4.78 is 12.9. The fourth-order valence-corrected chi connectivity index (χ4v) is 1.72. The average molecular weight is 233 g/mol. The molecule has 0 saturated heterocycles. The minimum absolute atomic E-state index is 0.154. The summed E-state index contributed by atoms with van der Waals surface area (Å²) in [7, 11) is 0. The van der Waals surface area contributed by atoms with Crippen LogP contribution in [0.25, 0.3) is 10.9 Å². The first-order chi connectivity index (χ1) is 8.15. The van der Waals surface area contributed by atoms with Crippen LogP contribution in [0.15, 0.2) is 30.5 Å². The van der Waals surface area contributed by atoms with Crippen LogP contribution in [0.2, 0.25) is 0 Å². The van der Waals surface area contributed by atoms with E-state index < -0.39 is 5.97 Å². The first-order valence-corrected chi connectivity index (χ1v) is 5.41. The normalized spacial score (nSPS) is 10.6. The minimum Gasteiger partial charge on any atom is -0.481 e. The van der Waals surface area contributed by atoms with Gasteiger partial charge in [0.2, 0.25) is 0 Å². The van der Waals surface area contributed by atoms with E-state index in [1.807, 2.05) is 6.07 Å². The number of hydrogen-bond donors (Lipinski definition) is 1. The van der Waals surface area contributed by atoms with Gasteiger partial charge in [0, 0.05) is 24.1 Å². The SMILES string of the molecule is O=C(O)CCCc1cnc2cc(F)ccc2c1. The standard InChI is InChI=1S/C13H12FNO2/c14-11-5-4-10-6-9(2-1-3-13(16)17)8-15-12(10)7-11/h4-8H,1-3H2,(H,16,17). The maximum absolute atomic E-state index is 12.9. The molecule has 0 spiro atoms. The first-order valence-electron chi connectivity index (χ1n) is 5.41. The fourth-order valence-electron chi connectivity index (χ4n) is 1.72. The van der Waals surface area contributed by atoms with Crippen LogP contribution in [0.4, 0.5) is 4.39 Å². The van der Waals surface area contributed by atoms with Gasteiger partial charge in [-0.1, -0.05) is 0 Å². The topological polar surface area (TPSA) is 50.2 Å². The molecule has 0 aliphatic carbocycles. The van der Waals surface area contributed by atoms with Gasteiger partial charge in [0.05, 0.1) is 5.52 Å². The molecule has 0 amide bonds. The van der Waals surface area contributed by atoms with Crippen molar-refractivity contribution in [2.75, 3.05) is 0 Å². The zero-order valence-corrected chi connectivity index (χ0v) is 9.19. The molecule has 0 radical (unpaired) electrons. The summed E-state index contributed by atoms with van der Waals surface area (Å²) in [5.74, 6) is -1.09. The Hall–Kier alpha value is -1.97. The third kappa shape index (κ3) is 3.00. The van der Waals surface area contributed by atoms with Crippen molar-refractivity contribution in [1.29, 1.82) is 0 Å². The highest BCUT2D eigenvalue weighted by Gasteiger charge is 2.01. The number of carboxylic acid groups (broad SMARTS) is 1. The van der Waals surface area contributed by atoms with E-state index in [0.717, 1.165) is 10.9 Å². The predicted octanol–water partition coefficient (Wildman–Crippen LogP) is 2.78. The number of rotatable bonds is 4. The molecule has 3 nitrogen and oxygen atoms in total. The number of fused-ring (bicyclic) bond motifs is 1. The fraction of sp³-hybridized carbons (Fsp3) is 0.231. The molecule has 1 N–H and O–H groups in total. The zero-order valence-electron chi connectivity index (χ0n) is 9.19. The van der Waals surface area contributed by atoms with E-state index in [4.69, 9.17) is 5.11 Å². The van der Waals surface area contributed by atoms with Crippen LogP contribution in [0.5, 0.6) is 0 Å². The molecule has 1 heterocycles. The minimum atomic E-state index is -0.791. The van der Waals surface area contributed by atoms with Gasteiger partial charge in [-0.2, -0.15) is 0 Å². The van der Waals surface area contributed by atoms with Crippen molar-refractivity contribution in [3.05, 3.63) is 41.8 Å². The van der Waals surface area contributed by atoms with Crippen LogP contribution in [0.1, 0.15) is 18.4 Å². The highest BCUT2D eigenvalue weighted by molar-refractivity contribution is 5.78. The average Bonchev–Trinajstić information content (AvgIpc) is 2.29. The molecule has 2 rings (SSSR count). The lowest BCUT2D eigenvalue weighted by atomic mass is 10.1. The quantitative estimate of drug-likeness (QED) is 0.883. The lowest BCUT2D eigenvalue weighted by molar-refractivity contribution is -0.137. The highest BCUT2D eigenvalue weighted by Crippen LogP contribution is 2.15. The van der Waals surface area contributed by atoms with Crippen LogP contribution in [-0.2, 0) is 11.2 Å². The number of carboxylic acids is 1. The Morgan fingerprint density at radius 2 is 2.18 bits per heavy atom. The van der Waals surface area contributed by atoms with Gasteiger partial charge >= 0.3 is 5.97 Å². The Bertz CT molecular complexity index is 554. The van der Waals surface area contributed by atoms with E-state index in [9.17, 15) is 9.18 Å². The molecular weight excluding hydrogens is 221 g/mol. The van der Waals surface area contributed by atoms with Crippen LogP contribution in [-0.4, -0.2) is 16.1 Å². The summed E-state index contributed by atoms with van der Waals surface area (Å²) in [5.41, 5.74) is 1.59. The molecule has 17 heavy (non-hydrogen) atoms. The van der Waals surface area contributed by atoms with Gasteiger partial charge in [0.25, 0.3) is 0 Å². The number of hydrogen-bond acceptors (Lipinski definition) is 2. The molecule has 0 atom stereocenters. The molecule has 0 aliphatic rings. The molecule has 0 bridgehead atoms. The number of nitrogens with zero attached hydrogens (tertiary/aromatic N) is 1. The monoisotopic (exact) mass is 233 g/mol. The number of carbonyl (C=O) groups is 1. The summed E-state index contributed by atoms with van der Waals surface area (Å²) in [6.45, 7) is 0. The van der Waals surface area contributed by atoms with E-state index in [1.165, 1.54) is 12.1 Å². The summed E-state index contributed by atoms with van der Waals surface area (Å²) >= 11 is 0. The van der Waals surface area contributed by atoms with Crippen molar-refractivity contribution < 1.29 is 14.3 Å². The number of halogens is 1. The molecule has 2 aromatic rings. The van der Waals surface area contributed by atoms with E-state index in [-0.39, 0.29) is 12.2 Å². The van der Waals surface area contributed by atoms with Crippen molar-refractivity contribution >= 4 is 16.9 Å². The van der Waals surface area contributed by atoms with Crippen LogP contribution in [0, 0.1) is 5.82 Å². The number of aryl methyl sites for hydroxylation is 1. The second-order valence-electron chi connectivity index (χ2n) is 3.93. The van der Waals surface area contributed by atoms with Gasteiger partial charge in [0.15, 0.2) is 0 Å². The van der Waals surface area contributed by atoms with E-state index in [1.54, 1.807) is 12.3 Å². The number of pyridine rings is 1. The van der Waals surface area contributed by atoms with Gasteiger partial charge in [-0.3, -0.25) is 9.78 Å². The lowest BCUT2D eigenvalue weighted by Crippen LogP contribution is -1.96. The summed E-state index contributed by atoms with van der Waals surface area (Å²) in [6.07, 6.45) is 3.08. The molecule has 1 aromatic heterocycles. The van der Waals surface area contributed by atoms with Crippen molar-refractivity contribution in [2.45, 2.75) is 19.3 Å². The molecule has 0 saturated carbocycles. The molecule has 1 aromatic carbocycles. The summed E-state index contributed by atoms with van der Waals surface area (Å²) in [5, 5.41) is 9.41. The summed E-state index contributed by atoms with van der Waals surface area (Å²) in [6, 6.07) is 6.38. The molecule has 0 fully saturated rings. The summed E-state index contributed by atoms with van der Waals surface area (Å²) in [4.78, 5) is 14.5. The molecular formula is C13H12FNO2. The maximum Gasteiger partial charge on any atom is 0.303 e. The second-order valence-corrected chi connectivity index (χ2v) is 3.93. The Balaban J connectivity index is 2.14. The Morgan fingerprint density at radius 3 is 2.94 bits per heavy atom. The molecule has 0 aliphatic heterocycles. The largest absolute Gasteiger partial charge is 0.481 e. The van der Waals surface area contributed by atoms with Crippen molar-refractivity contribution in [1.82, 2.24) is 4.98 Å². The smallest absolute Gasteiger partial charge is 0.303 e. The van der Waals surface area contributed by atoms with Crippen molar-refractivity contribution in [3.63, 3.8) is 0 Å². The van der Waals surface area contributed by atoms with E-state index in [2.05, 4.69) is 4.98 Å². The molecule has 88 valence electrons. The van der Waals surface area contributed by atoms with Crippen LogP contribution < -0.4 is 0 Å². The van der Waals surface area contributed by atoms with Crippen molar-refractivity contribution in [2.24, 2.45) is 0 Å². The molecule has 4 heteroatoms. The van der Waals surface area contributed by atoms with Gasteiger partial charge in [0.1, 0.15) is 5.82 Å².